The average Bonchev–Trinajstić information content (AvgIpc) is 3.54. The number of nitrogens with one attached hydrogen (secondary N) is 2. The molecule has 2 saturated heterocycles. The van der Waals surface area contributed by atoms with Crippen LogP contribution in [0.25, 0.3) is 0 Å². The maximum absolute atomic E-state index is 14.3. The number of fused-ring (bicyclic) bond motifs is 1. The van der Waals surface area contributed by atoms with Crippen molar-refractivity contribution in [3.63, 3.8) is 0 Å². The van der Waals surface area contributed by atoms with Gasteiger partial charge >= 0.3 is 0 Å². The molecule has 3 amide bonds. The van der Waals surface area contributed by atoms with Crippen LogP contribution in [0.2, 0.25) is 5.02 Å². The molecule has 1 aliphatic carbocycles. The summed E-state index contributed by atoms with van der Waals surface area (Å²) in [5.41, 5.74) is -0.468. The van der Waals surface area contributed by atoms with Crippen LogP contribution in [0.3, 0.4) is 0 Å². The van der Waals surface area contributed by atoms with Crippen molar-refractivity contribution in [1.29, 1.82) is 0 Å². The highest BCUT2D eigenvalue weighted by Gasteiger charge is 2.76. The van der Waals surface area contributed by atoms with Gasteiger partial charge in [0.25, 0.3) is 0 Å². The Labute approximate surface area is 245 Å². The van der Waals surface area contributed by atoms with Crippen LogP contribution in [0.4, 0.5) is 0 Å². The molecule has 216 valence electrons. The average molecular weight is 578 g/mol. The standard InChI is InChI=1S/C32H36ClN3O5/c1-31-16-17-32(41-31)26(25(31)28(37)34-18-20-10-14-24(40-2)15-11-20)30(39)36(19-21-8-12-22(33)13-9-21)27(32)29(38)35-23-6-4-3-5-7-23/h8-17,23,25-27H,3-7,18-19H2,1-2H3,(H,34,37)(H,35,38)/t25-,26-,27-,31+,32+/m0/s1. The molecule has 9 heteroatoms. The number of halogens is 1. The number of ether oxygens (including phenoxy) is 2. The highest BCUT2D eigenvalue weighted by Crippen LogP contribution is 2.59. The minimum absolute atomic E-state index is 0.0703. The van der Waals surface area contributed by atoms with E-state index in [0.29, 0.717) is 11.6 Å². The Morgan fingerprint density at radius 3 is 2.37 bits per heavy atom. The van der Waals surface area contributed by atoms with Gasteiger partial charge in [-0.25, -0.2) is 0 Å². The van der Waals surface area contributed by atoms with Crippen molar-refractivity contribution in [2.24, 2.45) is 11.8 Å². The van der Waals surface area contributed by atoms with Gasteiger partial charge in [0.05, 0.1) is 24.5 Å². The Morgan fingerprint density at radius 2 is 1.68 bits per heavy atom. The molecule has 2 N–H and O–H groups in total. The van der Waals surface area contributed by atoms with Gasteiger partial charge in [0.1, 0.15) is 17.4 Å². The molecule has 0 radical (unpaired) electrons. The van der Waals surface area contributed by atoms with Crippen molar-refractivity contribution < 1.29 is 23.9 Å². The molecule has 8 nitrogen and oxygen atoms in total. The Kier molecular flexibility index (Phi) is 7.32. The van der Waals surface area contributed by atoms with E-state index in [-0.39, 0.29) is 30.3 Å². The number of carbonyl (C=O) groups excluding carboxylic acids is 3. The third kappa shape index (κ3) is 4.91. The van der Waals surface area contributed by atoms with Crippen LogP contribution >= 0.6 is 11.6 Å². The van der Waals surface area contributed by atoms with Gasteiger partial charge in [0.15, 0.2) is 0 Å². The van der Waals surface area contributed by atoms with Gasteiger partial charge in [0, 0.05) is 24.2 Å². The number of hydrogen-bond donors (Lipinski definition) is 2. The lowest BCUT2D eigenvalue weighted by molar-refractivity contribution is -0.145. The Bertz CT molecular complexity index is 1360. The van der Waals surface area contributed by atoms with E-state index in [9.17, 15) is 14.4 Å². The van der Waals surface area contributed by atoms with Crippen LogP contribution in [-0.2, 0) is 32.2 Å². The van der Waals surface area contributed by atoms with Gasteiger partial charge in [0.2, 0.25) is 17.7 Å². The fourth-order valence-corrected chi connectivity index (χ4v) is 7.28. The molecule has 3 aliphatic heterocycles. The minimum atomic E-state index is -1.22. The fourth-order valence-electron chi connectivity index (χ4n) is 7.16. The fraction of sp³-hybridized carbons (Fsp3) is 0.469. The van der Waals surface area contributed by atoms with Crippen LogP contribution < -0.4 is 15.4 Å². The number of hydrogen-bond acceptors (Lipinski definition) is 5. The molecule has 6 rings (SSSR count). The zero-order valence-corrected chi connectivity index (χ0v) is 24.2. The highest BCUT2D eigenvalue weighted by atomic mass is 35.5. The van der Waals surface area contributed by atoms with Crippen molar-refractivity contribution in [1.82, 2.24) is 15.5 Å². The second kappa shape index (κ2) is 10.8. The van der Waals surface area contributed by atoms with Crippen molar-refractivity contribution in [3.8, 4) is 5.75 Å². The molecule has 4 aliphatic rings. The third-order valence-electron chi connectivity index (χ3n) is 9.17. The number of rotatable bonds is 8. The Hall–Kier alpha value is -3.36. The van der Waals surface area contributed by atoms with Gasteiger partial charge in [-0.2, -0.15) is 0 Å². The zero-order valence-electron chi connectivity index (χ0n) is 23.4. The number of likely N-dealkylation sites (tertiary alicyclic amines) is 1. The number of nitrogens with zero attached hydrogens (tertiary/aromatic N) is 1. The maximum atomic E-state index is 14.3. The van der Waals surface area contributed by atoms with Crippen molar-refractivity contribution >= 4 is 29.3 Å². The summed E-state index contributed by atoms with van der Waals surface area (Å²) in [5.74, 6) is -1.61. The largest absolute Gasteiger partial charge is 0.497 e. The van der Waals surface area contributed by atoms with E-state index in [0.717, 1.165) is 42.6 Å². The number of methoxy groups -OCH3 is 1. The number of carbonyl (C=O) groups is 3. The summed E-state index contributed by atoms with van der Waals surface area (Å²) in [5, 5.41) is 6.84. The van der Waals surface area contributed by atoms with Crippen LogP contribution in [0.1, 0.15) is 50.2 Å². The maximum Gasteiger partial charge on any atom is 0.246 e. The lowest BCUT2D eigenvalue weighted by Crippen LogP contribution is -2.56. The molecule has 2 bridgehead atoms. The molecule has 0 aromatic heterocycles. The van der Waals surface area contributed by atoms with Crippen LogP contribution in [0, 0.1) is 11.8 Å². The smallest absolute Gasteiger partial charge is 0.246 e. The molecule has 2 aromatic carbocycles. The summed E-state index contributed by atoms with van der Waals surface area (Å²) in [6.45, 7) is 2.35. The lowest BCUT2D eigenvalue weighted by atomic mass is 9.70. The van der Waals surface area contributed by atoms with E-state index < -0.39 is 29.1 Å². The molecule has 2 aromatic rings. The topological polar surface area (TPSA) is 97.0 Å². The van der Waals surface area contributed by atoms with Gasteiger partial charge in [-0.3, -0.25) is 14.4 Å². The first-order valence-electron chi connectivity index (χ1n) is 14.4. The predicted octanol–water partition coefficient (Wildman–Crippen LogP) is 4.15. The van der Waals surface area contributed by atoms with E-state index >= 15 is 0 Å². The van der Waals surface area contributed by atoms with Crippen molar-refractivity contribution in [3.05, 3.63) is 76.8 Å². The second-order valence-corrected chi connectivity index (χ2v) is 12.3. The summed E-state index contributed by atoms with van der Waals surface area (Å²) < 4.78 is 11.9. The second-order valence-electron chi connectivity index (χ2n) is 11.8. The van der Waals surface area contributed by atoms with E-state index in [1.165, 1.54) is 6.42 Å². The summed E-state index contributed by atoms with van der Waals surface area (Å²) in [6.07, 6.45) is 8.87. The summed E-state index contributed by atoms with van der Waals surface area (Å²) >= 11 is 6.11. The molecular weight excluding hydrogens is 542 g/mol. The normalized spacial score (nSPS) is 30.4. The SMILES string of the molecule is COc1ccc(CNC(=O)[C@@H]2[C@H]3C(=O)N(Cc4ccc(Cl)cc4)[C@@H](C(=O)NC4CCCCC4)[C@@]34C=C[C@@]2(C)O4)cc1. The first-order valence-corrected chi connectivity index (χ1v) is 14.8. The van der Waals surface area contributed by atoms with Crippen LogP contribution in [0.15, 0.2) is 60.7 Å². The van der Waals surface area contributed by atoms with Gasteiger partial charge in [-0.05, 0) is 55.2 Å². The first kappa shape index (κ1) is 27.8. The quantitative estimate of drug-likeness (QED) is 0.459. The van der Waals surface area contributed by atoms with Gasteiger partial charge in [-0.1, -0.05) is 67.3 Å². The van der Waals surface area contributed by atoms with Crippen LogP contribution in [-0.4, -0.2) is 53.0 Å². The van der Waals surface area contributed by atoms with Crippen LogP contribution in [0.5, 0.6) is 5.75 Å². The Morgan fingerprint density at radius 1 is 1.00 bits per heavy atom. The molecule has 1 spiro atoms. The molecule has 3 fully saturated rings. The summed E-state index contributed by atoms with van der Waals surface area (Å²) in [4.78, 5) is 43.7. The number of amides is 3. The first-order chi connectivity index (χ1) is 19.7. The Balaban J connectivity index is 1.29. The van der Waals surface area contributed by atoms with E-state index in [2.05, 4.69) is 10.6 Å². The zero-order chi connectivity index (χ0) is 28.8. The van der Waals surface area contributed by atoms with Crippen molar-refractivity contribution in [2.75, 3.05) is 7.11 Å². The molecule has 3 heterocycles. The lowest BCUT2D eigenvalue weighted by Gasteiger charge is -2.34. The molecule has 1 saturated carbocycles. The molecular formula is C32H36ClN3O5. The summed E-state index contributed by atoms with van der Waals surface area (Å²) in [7, 11) is 1.60. The molecule has 5 atom stereocenters. The van der Waals surface area contributed by atoms with Crippen molar-refractivity contribution in [2.45, 2.75) is 75.4 Å². The monoisotopic (exact) mass is 577 g/mol. The van der Waals surface area contributed by atoms with E-state index in [4.69, 9.17) is 21.1 Å². The molecule has 41 heavy (non-hydrogen) atoms. The van der Waals surface area contributed by atoms with Gasteiger partial charge < -0.3 is 25.0 Å². The number of benzene rings is 2. The summed E-state index contributed by atoms with van der Waals surface area (Å²) in [6, 6.07) is 13.9. The molecule has 0 unspecified atom stereocenters. The predicted molar refractivity (Wildman–Crippen MR) is 154 cm³/mol. The van der Waals surface area contributed by atoms with E-state index in [1.807, 2.05) is 55.5 Å². The van der Waals surface area contributed by atoms with Gasteiger partial charge in [-0.15, -0.1) is 0 Å². The highest BCUT2D eigenvalue weighted by molar-refractivity contribution is 6.30. The third-order valence-corrected chi connectivity index (χ3v) is 9.42. The minimum Gasteiger partial charge on any atom is -0.497 e. The van der Waals surface area contributed by atoms with E-state index in [1.54, 1.807) is 24.1 Å².